The fourth-order valence-electron chi connectivity index (χ4n) is 2.17. The predicted octanol–water partition coefficient (Wildman–Crippen LogP) is 3.38. The van der Waals surface area contributed by atoms with E-state index in [1.54, 1.807) is 0 Å². The molecular formula is C15H34N2. The molecule has 0 spiro atoms. The largest absolute Gasteiger partial charge is 0.317 e. The fraction of sp³-hybridized carbons (Fsp3) is 1.00. The van der Waals surface area contributed by atoms with Gasteiger partial charge in [0.15, 0.2) is 0 Å². The van der Waals surface area contributed by atoms with Gasteiger partial charge in [0.2, 0.25) is 0 Å². The van der Waals surface area contributed by atoms with Gasteiger partial charge in [-0.2, -0.15) is 0 Å². The molecule has 0 aromatic carbocycles. The maximum absolute atomic E-state index is 3.50. The van der Waals surface area contributed by atoms with Crippen molar-refractivity contribution in [2.75, 3.05) is 26.2 Å². The predicted molar refractivity (Wildman–Crippen MR) is 78.5 cm³/mol. The van der Waals surface area contributed by atoms with Gasteiger partial charge < -0.3 is 10.2 Å². The Morgan fingerprint density at radius 2 is 1.41 bits per heavy atom. The van der Waals surface area contributed by atoms with Gasteiger partial charge in [-0.15, -0.1) is 0 Å². The fourth-order valence-corrected chi connectivity index (χ4v) is 2.17. The van der Waals surface area contributed by atoms with Crippen molar-refractivity contribution < 1.29 is 0 Å². The van der Waals surface area contributed by atoms with Crippen LogP contribution < -0.4 is 5.32 Å². The maximum atomic E-state index is 3.50. The zero-order chi connectivity index (χ0) is 13.3. The monoisotopic (exact) mass is 242 g/mol. The summed E-state index contributed by atoms with van der Waals surface area (Å²) in [5.41, 5.74) is 0. The summed E-state index contributed by atoms with van der Waals surface area (Å²) in [4.78, 5) is 2.66. The first-order valence-electron chi connectivity index (χ1n) is 7.42. The summed E-state index contributed by atoms with van der Waals surface area (Å²) in [7, 11) is 0. The molecule has 0 saturated carbocycles. The highest BCUT2D eigenvalue weighted by Crippen LogP contribution is 2.10. The highest BCUT2D eigenvalue weighted by Gasteiger charge is 2.15. The number of hydrogen-bond acceptors (Lipinski definition) is 2. The summed E-state index contributed by atoms with van der Waals surface area (Å²) in [6, 6.07) is 0.698. The molecule has 0 heterocycles. The third-order valence-electron chi connectivity index (χ3n) is 2.99. The number of hydrogen-bond donors (Lipinski definition) is 1. The van der Waals surface area contributed by atoms with Crippen molar-refractivity contribution in [1.82, 2.24) is 10.2 Å². The summed E-state index contributed by atoms with van der Waals surface area (Å²) in [6.45, 7) is 18.6. The average molecular weight is 242 g/mol. The molecule has 1 unspecified atom stereocenters. The molecule has 0 saturated heterocycles. The Balaban J connectivity index is 3.98. The summed E-state index contributed by atoms with van der Waals surface area (Å²) in [5.74, 6) is 1.53. The van der Waals surface area contributed by atoms with Crippen LogP contribution >= 0.6 is 0 Å². The van der Waals surface area contributed by atoms with Crippen molar-refractivity contribution in [3.63, 3.8) is 0 Å². The number of rotatable bonds is 10. The molecule has 0 amide bonds. The van der Waals surface area contributed by atoms with Crippen molar-refractivity contribution in [3.8, 4) is 0 Å². The van der Waals surface area contributed by atoms with E-state index in [1.807, 2.05) is 0 Å². The van der Waals surface area contributed by atoms with E-state index in [0.29, 0.717) is 6.04 Å². The van der Waals surface area contributed by atoms with Gasteiger partial charge in [-0.25, -0.2) is 0 Å². The van der Waals surface area contributed by atoms with E-state index in [-0.39, 0.29) is 0 Å². The maximum Gasteiger partial charge on any atom is 0.00792 e. The molecule has 0 radical (unpaired) electrons. The summed E-state index contributed by atoms with van der Waals surface area (Å²) in [6.07, 6.45) is 2.50. The van der Waals surface area contributed by atoms with Crippen molar-refractivity contribution in [2.45, 2.75) is 60.4 Å². The normalized spacial score (nSPS) is 13.9. The first kappa shape index (κ1) is 16.9. The van der Waals surface area contributed by atoms with Crippen molar-refractivity contribution >= 4 is 0 Å². The molecule has 0 aliphatic rings. The molecule has 1 N–H and O–H groups in total. The van der Waals surface area contributed by atoms with Gasteiger partial charge in [-0.1, -0.05) is 34.6 Å². The molecule has 2 nitrogen and oxygen atoms in total. The molecule has 1 atom stereocenters. The van der Waals surface area contributed by atoms with E-state index < -0.39 is 0 Å². The van der Waals surface area contributed by atoms with Gasteiger partial charge in [-0.3, -0.25) is 0 Å². The van der Waals surface area contributed by atoms with Crippen LogP contribution in [0.1, 0.15) is 54.4 Å². The average Bonchev–Trinajstić information content (AvgIpc) is 2.22. The highest BCUT2D eigenvalue weighted by molar-refractivity contribution is 4.71. The van der Waals surface area contributed by atoms with Crippen molar-refractivity contribution in [1.29, 1.82) is 0 Å². The Morgan fingerprint density at radius 3 is 1.82 bits per heavy atom. The van der Waals surface area contributed by atoms with Gasteiger partial charge in [0.25, 0.3) is 0 Å². The lowest BCUT2D eigenvalue weighted by Gasteiger charge is -2.32. The minimum atomic E-state index is 0.698. The minimum absolute atomic E-state index is 0.698. The van der Waals surface area contributed by atoms with Crippen LogP contribution in [0.25, 0.3) is 0 Å². The Bertz CT molecular complexity index is 156. The molecule has 104 valence electrons. The molecule has 0 aliphatic carbocycles. The van der Waals surface area contributed by atoms with E-state index in [9.17, 15) is 0 Å². The minimum Gasteiger partial charge on any atom is -0.317 e. The molecule has 0 bridgehead atoms. The van der Waals surface area contributed by atoms with Crippen LogP contribution in [-0.4, -0.2) is 37.1 Å². The molecular weight excluding hydrogens is 208 g/mol. The SMILES string of the molecule is CCCNCCC(C)N(CC(C)C)CC(C)C. The highest BCUT2D eigenvalue weighted by atomic mass is 15.2. The number of nitrogens with one attached hydrogen (secondary N) is 1. The van der Waals surface area contributed by atoms with E-state index in [0.717, 1.165) is 24.9 Å². The molecule has 0 aliphatic heterocycles. The summed E-state index contributed by atoms with van der Waals surface area (Å²) in [5, 5.41) is 3.50. The van der Waals surface area contributed by atoms with Crippen LogP contribution in [0.15, 0.2) is 0 Å². The van der Waals surface area contributed by atoms with Crippen LogP contribution in [0.2, 0.25) is 0 Å². The summed E-state index contributed by atoms with van der Waals surface area (Å²) < 4.78 is 0. The number of nitrogens with zero attached hydrogens (tertiary/aromatic N) is 1. The lowest BCUT2D eigenvalue weighted by Crippen LogP contribution is -2.40. The quantitative estimate of drug-likeness (QED) is 0.591. The Hall–Kier alpha value is -0.0800. The third kappa shape index (κ3) is 9.61. The van der Waals surface area contributed by atoms with Crippen LogP contribution in [0.4, 0.5) is 0 Å². The van der Waals surface area contributed by atoms with Gasteiger partial charge in [-0.05, 0) is 44.7 Å². The lowest BCUT2D eigenvalue weighted by molar-refractivity contribution is 0.159. The Morgan fingerprint density at radius 1 is 0.882 bits per heavy atom. The van der Waals surface area contributed by atoms with Gasteiger partial charge >= 0.3 is 0 Å². The van der Waals surface area contributed by atoms with E-state index in [4.69, 9.17) is 0 Å². The molecule has 0 rings (SSSR count). The van der Waals surface area contributed by atoms with E-state index in [2.05, 4.69) is 51.8 Å². The lowest BCUT2D eigenvalue weighted by atomic mass is 10.1. The van der Waals surface area contributed by atoms with Crippen LogP contribution in [0.3, 0.4) is 0 Å². The van der Waals surface area contributed by atoms with E-state index in [1.165, 1.54) is 25.9 Å². The summed E-state index contributed by atoms with van der Waals surface area (Å²) >= 11 is 0. The van der Waals surface area contributed by atoms with Gasteiger partial charge in [0.1, 0.15) is 0 Å². The smallest absolute Gasteiger partial charge is 0.00792 e. The Labute approximate surface area is 109 Å². The Kier molecular flexibility index (Phi) is 9.85. The van der Waals surface area contributed by atoms with Crippen LogP contribution in [0.5, 0.6) is 0 Å². The van der Waals surface area contributed by atoms with Gasteiger partial charge in [0.05, 0.1) is 0 Å². The zero-order valence-corrected chi connectivity index (χ0v) is 12.9. The molecule has 2 heteroatoms. The third-order valence-corrected chi connectivity index (χ3v) is 2.99. The molecule has 0 fully saturated rings. The second kappa shape index (κ2) is 9.90. The van der Waals surface area contributed by atoms with Crippen LogP contribution in [0, 0.1) is 11.8 Å². The molecule has 0 aromatic rings. The van der Waals surface area contributed by atoms with Crippen molar-refractivity contribution in [2.24, 2.45) is 11.8 Å². The second-order valence-electron chi connectivity index (χ2n) is 6.13. The zero-order valence-electron chi connectivity index (χ0n) is 12.9. The second-order valence-corrected chi connectivity index (χ2v) is 6.13. The first-order chi connectivity index (χ1) is 7.97. The molecule has 0 aromatic heterocycles. The van der Waals surface area contributed by atoms with E-state index >= 15 is 0 Å². The first-order valence-corrected chi connectivity index (χ1v) is 7.42. The van der Waals surface area contributed by atoms with Crippen molar-refractivity contribution in [3.05, 3.63) is 0 Å². The molecule has 17 heavy (non-hydrogen) atoms. The standard InChI is InChI=1S/C15H34N2/c1-7-9-16-10-8-15(6)17(11-13(2)3)12-14(4)5/h13-16H,7-12H2,1-6H3. The van der Waals surface area contributed by atoms with Crippen LogP contribution in [-0.2, 0) is 0 Å². The topological polar surface area (TPSA) is 15.3 Å². The van der Waals surface area contributed by atoms with Gasteiger partial charge in [0, 0.05) is 19.1 Å².